The molecule has 5 heteroatoms. The maximum atomic E-state index is 5.97. The average Bonchev–Trinajstić information content (AvgIpc) is 2.71. The molecule has 0 saturated carbocycles. The van der Waals surface area contributed by atoms with Crippen LogP contribution in [0, 0.1) is 20.8 Å². The number of thiazole rings is 1. The summed E-state index contributed by atoms with van der Waals surface area (Å²) in [7, 11) is 0. The van der Waals surface area contributed by atoms with E-state index in [0.29, 0.717) is 0 Å². The Kier molecular flexibility index (Phi) is 2.71. The largest absolute Gasteiger partial charge is 0.384 e. The molecule has 2 rings (SSSR count). The average molecular weight is 236 g/mol. The molecule has 2 heterocycles. The van der Waals surface area contributed by atoms with Crippen LogP contribution in [-0.2, 0) is 0 Å². The van der Waals surface area contributed by atoms with Crippen molar-refractivity contribution in [3.63, 3.8) is 0 Å². The first-order valence-electron chi connectivity index (χ1n) is 5.24. The summed E-state index contributed by atoms with van der Waals surface area (Å²) < 4.78 is 1.83. The Morgan fingerprint density at radius 2 is 2.06 bits per heavy atom. The van der Waals surface area contributed by atoms with Crippen molar-refractivity contribution in [3.05, 3.63) is 27.3 Å². The first kappa shape index (κ1) is 11.1. The van der Waals surface area contributed by atoms with Crippen molar-refractivity contribution in [2.24, 2.45) is 0 Å². The van der Waals surface area contributed by atoms with E-state index in [9.17, 15) is 0 Å². The van der Waals surface area contributed by atoms with Crippen molar-refractivity contribution in [2.75, 3.05) is 5.73 Å². The van der Waals surface area contributed by atoms with Crippen molar-refractivity contribution in [3.8, 4) is 0 Å². The van der Waals surface area contributed by atoms with Gasteiger partial charge in [0, 0.05) is 10.4 Å². The zero-order valence-corrected chi connectivity index (χ0v) is 10.8. The molecule has 1 unspecified atom stereocenters. The van der Waals surface area contributed by atoms with Gasteiger partial charge < -0.3 is 5.73 Å². The highest BCUT2D eigenvalue weighted by Crippen LogP contribution is 2.27. The third-order valence-electron chi connectivity index (χ3n) is 2.73. The SMILES string of the molecule is Cc1nc(C(C)n2ncc(C)c2N)c(C)s1. The van der Waals surface area contributed by atoms with E-state index in [2.05, 4.69) is 23.9 Å². The summed E-state index contributed by atoms with van der Waals surface area (Å²) in [6.07, 6.45) is 1.79. The summed E-state index contributed by atoms with van der Waals surface area (Å²) in [6.45, 7) is 8.14. The highest BCUT2D eigenvalue weighted by atomic mass is 32.1. The molecular formula is C11H16N4S. The predicted molar refractivity (Wildman–Crippen MR) is 66.8 cm³/mol. The molecule has 2 aromatic rings. The second-order valence-corrected chi connectivity index (χ2v) is 5.41. The number of nitrogens with zero attached hydrogens (tertiary/aromatic N) is 3. The fourth-order valence-electron chi connectivity index (χ4n) is 1.81. The molecule has 0 aliphatic heterocycles. The summed E-state index contributed by atoms with van der Waals surface area (Å²) in [5, 5.41) is 5.38. The van der Waals surface area contributed by atoms with Gasteiger partial charge in [-0.05, 0) is 27.7 Å². The van der Waals surface area contributed by atoms with E-state index < -0.39 is 0 Å². The van der Waals surface area contributed by atoms with E-state index >= 15 is 0 Å². The second kappa shape index (κ2) is 3.90. The minimum Gasteiger partial charge on any atom is -0.384 e. The van der Waals surface area contributed by atoms with Crippen molar-refractivity contribution >= 4 is 17.2 Å². The molecular weight excluding hydrogens is 220 g/mol. The molecule has 0 saturated heterocycles. The lowest BCUT2D eigenvalue weighted by Gasteiger charge is -2.12. The van der Waals surface area contributed by atoms with Crippen molar-refractivity contribution in [1.29, 1.82) is 0 Å². The van der Waals surface area contributed by atoms with Gasteiger partial charge in [0.05, 0.1) is 22.9 Å². The Morgan fingerprint density at radius 3 is 2.50 bits per heavy atom. The number of aryl methyl sites for hydroxylation is 3. The van der Waals surface area contributed by atoms with Gasteiger partial charge in [-0.25, -0.2) is 9.67 Å². The minimum absolute atomic E-state index is 0.0960. The van der Waals surface area contributed by atoms with E-state index in [1.54, 1.807) is 17.5 Å². The smallest absolute Gasteiger partial charge is 0.125 e. The first-order valence-corrected chi connectivity index (χ1v) is 6.06. The molecule has 16 heavy (non-hydrogen) atoms. The molecule has 0 aromatic carbocycles. The number of hydrogen-bond acceptors (Lipinski definition) is 4. The van der Waals surface area contributed by atoms with Crippen LogP contribution in [0.25, 0.3) is 0 Å². The van der Waals surface area contributed by atoms with Gasteiger partial charge in [0.2, 0.25) is 0 Å². The van der Waals surface area contributed by atoms with E-state index in [-0.39, 0.29) is 6.04 Å². The van der Waals surface area contributed by atoms with Crippen LogP contribution in [0.5, 0.6) is 0 Å². The zero-order chi connectivity index (χ0) is 11.9. The number of nitrogens with two attached hydrogens (primary N) is 1. The van der Waals surface area contributed by atoms with E-state index in [0.717, 1.165) is 22.1 Å². The third kappa shape index (κ3) is 1.71. The van der Waals surface area contributed by atoms with Gasteiger partial charge in [0.1, 0.15) is 5.82 Å². The Morgan fingerprint density at radius 1 is 1.38 bits per heavy atom. The summed E-state index contributed by atoms with van der Waals surface area (Å²) in [4.78, 5) is 5.77. The van der Waals surface area contributed by atoms with Crippen LogP contribution in [-0.4, -0.2) is 14.8 Å². The molecule has 2 aromatic heterocycles. The van der Waals surface area contributed by atoms with Gasteiger partial charge in [0.15, 0.2) is 0 Å². The van der Waals surface area contributed by atoms with Crippen LogP contribution in [0.15, 0.2) is 6.20 Å². The molecule has 0 fully saturated rings. The van der Waals surface area contributed by atoms with Crippen molar-refractivity contribution in [2.45, 2.75) is 33.7 Å². The third-order valence-corrected chi connectivity index (χ3v) is 3.63. The van der Waals surface area contributed by atoms with E-state index in [1.807, 2.05) is 18.5 Å². The molecule has 0 aliphatic carbocycles. The maximum Gasteiger partial charge on any atom is 0.125 e. The second-order valence-electron chi connectivity index (χ2n) is 4.01. The van der Waals surface area contributed by atoms with Gasteiger partial charge in [-0.15, -0.1) is 11.3 Å². The molecule has 0 bridgehead atoms. The first-order chi connectivity index (χ1) is 7.50. The van der Waals surface area contributed by atoms with Gasteiger partial charge in [0.25, 0.3) is 0 Å². The minimum atomic E-state index is 0.0960. The number of hydrogen-bond donors (Lipinski definition) is 1. The van der Waals surface area contributed by atoms with Crippen LogP contribution in [0.3, 0.4) is 0 Å². The fourth-order valence-corrected chi connectivity index (χ4v) is 2.72. The lowest BCUT2D eigenvalue weighted by atomic mass is 10.2. The Hall–Kier alpha value is -1.36. The maximum absolute atomic E-state index is 5.97. The molecule has 1 atom stereocenters. The summed E-state index contributed by atoms with van der Waals surface area (Å²) >= 11 is 1.71. The molecule has 2 N–H and O–H groups in total. The van der Waals surface area contributed by atoms with E-state index in [1.165, 1.54) is 4.88 Å². The highest BCUT2D eigenvalue weighted by Gasteiger charge is 2.17. The normalized spacial score (nSPS) is 13.0. The predicted octanol–water partition coefficient (Wildman–Crippen LogP) is 2.46. The van der Waals surface area contributed by atoms with E-state index in [4.69, 9.17) is 5.73 Å². The van der Waals surface area contributed by atoms with Crippen molar-refractivity contribution in [1.82, 2.24) is 14.8 Å². The number of aromatic nitrogens is 3. The summed E-state index contributed by atoms with van der Waals surface area (Å²) in [5.74, 6) is 0.720. The molecule has 0 radical (unpaired) electrons. The Bertz CT molecular complexity index is 510. The fraction of sp³-hybridized carbons (Fsp3) is 0.455. The lowest BCUT2D eigenvalue weighted by molar-refractivity contribution is 0.559. The van der Waals surface area contributed by atoms with Crippen molar-refractivity contribution < 1.29 is 0 Å². The van der Waals surface area contributed by atoms with Gasteiger partial charge in [-0.2, -0.15) is 5.10 Å². The Labute approximate surface area is 99.1 Å². The van der Waals surface area contributed by atoms with Gasteiger partial charge in [-0.3, -0.25) is 0 Å². The monoisotopic (exact) mass is 236 g/mol. The lowest BCUT2D eigenvalue weighted by Crippen LogP contribution is -2.13. The number of rotatable bonds is 2. The van der Waals surface area contributed by atoms with Crippen LogP contribution in [0.1, 0.15) is 34.1 Å². The van der Waals surface area contributed by atoms with Crippen LogP contribution in [0.2, 0.25) is 0 Å². The summed E-state index contributed by atoms with van der Waals surface area (Å²) in [6, 6.07) is 0.0960. The number of anilines is 1. The molecule has 0 spiro atoms. The van der Waals surface area contributed by atoms with Gasteiger partial charge in [-0.1, -0.05) is 0 Å². The molecule has 86 valence electrons. The van der Waals surface area contributed by atoms with Crippen LogP contribution < -0.4 is 5.73 Å². The van der Waals surface area contributed by atoms with Crippen LogP contribution >= 0.6 is 11.3 Å². The topological polar surface area (TPSA) is 56.7 Å². The molecule has 0 aliphatic rings. The quantitative estimate of drug-likeness (QED) is 0.871. The Balaban J connectivity index is 2.42. The standard InChI is InChI=1S/C11H16N4S/c1-6-5-13-15(11(6)12)7(2)10-8(3)16-9(4)14-10/h5,7H,12H2,1-4H3. The summed E-state index contributed by atoms with van der Waals surface area (Å²) in [5.41, 5.74) is 8.05. The zero-order valence-electron chi connectivity index (χ0n) is 9.98. The number of nitrogen functional groups attached to an aromatic ring is 1. The molecule has 0 amide bonds. The van der Waals surface area contributed by atoms with Crippen LogP contribution in [0.4, 0.5) is 5.82 Å². The highest BCUT2D eigenvalue weighted by molar-refractivity contribution is 7.11. The molecule has 4 nitrogen and oxygen atoms in total. The van der Waals surface area contributed by atoms with Gasteiger partial charge >= 0.3 is 0 Å².